The zero-order valence-electron chi connectivity index (χ0n) is 14.4. The van der Waals surface area contributed by atoms with Crippen molar-refractivity contribution in [2.75, 3.05) is 19.6 Å². The van der Waals surface area contributed by atoms with Gasteiger partial charge in [-0.1, -0.05) is 0 Å². The molecule has 4 heterocycles. The van der Waals surface area contributed by atoms with Crippen LogP contribution >= 0.6 is 0 Å². The van der Waals surface area contributed by atoms with Crippen LogP contribution in [0.2, 0.25) is 0 Å². The Labute approximate surface area is 147 Å². The number of aromatic nitrogens is 4. The number of likely N-dealkylation sites (tertiary alicyclic amines) is 1. The predicted molar refractivity (Wildman–Crippen MR) is 97.4 cm³/mol. The van der Waals surface area contributed by atoms with Crippen LogP contribution in [0.4, 0.5) is 0 Å². The highest BCUT2D eigenvalue weighted by Crippen LogP contribution is 2.33. The van der Waals surface area contributed by atoms with E-state index in [0.717, 1.165) is 35.1 Å². The maximum absolute atomic E-state index is 4.82. The Kier molecular flexibility index (Phi) is 3.74. The van der Waals surface area contributed by atoms with Crippen LogP contribution in [0.5, 0.6) is 0 Å². The average Bonchev–Trinajstić information content (AvgIpc) is 3.37. The zero-order chi connectivity index (χ0) is 16.6. The van der Waals surface area contributed by atoms with Gasteiger partial charge in [-0.25, -0.2) is 9.50 Å². The predicted octanol–water partition coefficient (Wildman–Crippen LogP) is 3.38. The number of piperidine rings is 1. The minimum Gasteiger partial charge on any atom is -0.302 e. The second-order valence-electron chi connectivity index (χ2n) is 7.47. The van der Waals surface area contributed by atoms with E-state index in [-0.39, 0.29) is 0 Å². The maximum Gasteiger partial charge on any atom is 0.156 e. The molecule has 2 aliphatic rings. The third-order valence-corrected chi connectivity index (χ3v) is 5.44. The van der Waals surface area contributed by atoms with Gasteiger partial charge in [0, 0.05) is 43.2 Å². The molecule has 128 valence electrons. The van der Waals surface area contributed by atoms with Gasteiger partial charge in [-0.05, 0) is 68.0 Å². The molecule has 1 aliphatic carbocycles. The number of hydrogen-bond donors (Lipinski definition) is 0. The Bertz CT molecular complexity index is 868. The summed E-state index contributed by atoms with van der Waals surface area (Å²) in [5.74, 6) is 2.43. The van der Waals surface area contributed by atoms with Crippen molar-refractivity contribution in [1.82, 2.24) is 24.5 Å². The monoisotopic (exact) mass is 333 g/mol. The van der Waals surface area contributed by atoms with Gasteiger partial charge in [0.25, 0.3) is 0 Å². The van der Waals surface area contributed by atoms with Gasteiger partial charge in [0.05, 0.1) is 0 Å². The van der Waals surface area contributed by atoms with Crippen molar-refractivity contribution in [2.24, 2.45) is 5.92 Å². The van der Waals surface area contributed by atoms with E-state index in [4.69, 9.17) is 10.1 Å². The number of fused-ring (bicyclic) bond motifs is 1. The Morgan fingerprint density at radius 3 is 2.72 bits per heavy atom. The third-order valence-electron chi connectivity index (χ3n) is 5.44. The lowest BCUT2D eigenvalue weighted by Crippen LogP contribution is -2.36. The molecule has 3 aromatic heterocycles. The first-order chi connectivity index (χ1) is 12.3. The first-order valence-corrected chi connectivity index (χ1v) is 9.34. The lowest BCUT2D eigenvalue weighted by atomic mass is 9.97. The van der Waals surface area contributed by atoms with E-state index < -0.39 is 0 Å². The van der Waals surface area contributed by atoms with Gasteiger partial charge in [0.15, 0.2) is 11.5 Å². The van der Waals surface area contributed by atoms with Crippen LogP contribution in [0.25, 0.3) is 16.8 Å². The molecule has 25 heavy (non-hydrogen) atoms. The van der Waals surface area contributed by atoms with Gasteiger partial charge in [-0.15, -0.1) is 0 Å². The van der Waals surface area contributed by atoms with Gasteiger partial charge in [0.1, 0.15) is 0 Å². The zero-order valence-corrected chi connectivity index (χ0v) is 14.4. The molecule has 5 rings (SSSR count). The second-order valence-corrected chi connectivity index (χ2v) is 7.47. The fourth-order valence-corrected chi connectivity index (χ4v) is 3.89. The fourth-order valence-electron chi connectivity index (χ4n) is 3.89. The number of hydrogen-bond acceptors (Lipinski definition) is 4. The summed E-state index contributed by atoms with van der Waals surface area (Å²) in [6.07, 6.45) is 11.0. The third kappa shape index (κ3) is 3.16. The largest absolute Gasteiger partial charge is 0.302 e. The summed E-state index contributed by atoms with van der Waals surface area (Å²) < 4.78 is 1.94. The summed E-state index contributed by atoms with van der Waals surface area (Å²) in [5.41, 5.74) is 3.24. The lowest BCUT2D eigenvalue weighted by Gasteiger charge is -2.31. The van der Waals surface area contributed by atoms with Gasteiger partial charge >= 0.3 is 0 Å². The molecular formula is C20H23N5. The topological polar surface area (TPSA) is 46.3 Å². The van der Waals surface area contributed by atoms with Crippen LogP contribution < -0.4 is 0 Å². The fraction of sp³-hybridized carbons (Fsp3) is 0.450. The minimum atomic E-state index is 0.469. The van der Waals surface area contributed by atoms with Crippen molar-refractivity contribution >= 4 is 5.65 Å². The Morgan fingerprint density at radius 2 is 1.88 bits per heavy atom. The second kappa shape index (κ2) is 6.23. The summed E-state index contributed by atoms with van der Waals surface area (Å²) in [6, 6.07) is 8.23. The van der Waals surface area contributed by atoms with E-state index in [2.05, 4.69) is 28.2 Å². The van der Waals surface area contributed by atoms with Crippen molar-refractivity contribution in [3.05, 3.63) is 48.7 Å². The van der Waals surface area contributed by atoms with E-state index in [1.165, 1.54) is 38.8 Å². The molecule has 3 aromatic rings. The Morgan fingerprint density at radius 1 is 1.00 bits per heavy atom. The van der Waals surface area contributed by atoms with Gasteiger partial charge < -0.3 is 4.90 Å². The molecule has 5 heteroatoms. The highest BCUT2D eigenvalue weighted by atomic mass is 15.3. The SMILES string of the molecule is c1cc(-c2ccc3nc([C@@H]4CCCN(CC5CC5)C4)nn3c2)ccn1. The van der Waals surface area contributed by atoms with Crippen molar-refractivity contribution in [3.8, 4) is 11.1 Å². The summed E-state index contributed by atoms with van der Waals surface area (Å²) >= 11 is 0. The maximum atomic E-state index is 4.82. The van der Waals surface area contributed by atoms with Crippen molar-refractivity contribution in [3.63, 3.8) is 0 Å². The molecule has 1 saturated heterocycles. The Hall–Kier alpha value is -2.27. The van der Waals surface area contributed by atoms with Crippen molar-refractivity contribution < 1.29 is 0 Å². The van der Waals surface area contributed by atoms with Gasteiger partial charge in [-0.2, -0.15) is 5.10 Å². The number of rotatable bonds is 4. The summed E-state index contributed by atoms with van der Waals surface area (Å²) in [7, 11) is 0. The molecule has 0 spiro atoms. The van der Waals surface area contributed by atoms with E-state index in [9.17, 15) is 0 Å². The lowest BCUT2D eigenvalue weighted by molar-refractivity contribution is 0.197. The van der Waals surface area contributed by atoms with Crippen molar-refractivity contribution in [1.29, 1.82) is 0 Å². The van der Waals surface area contributed by atoms with Crippen LogP contribution in [-0.2, 0) is 0 Å². The first kappa shape index (κ1) is 15.0. The van der Waals surface area contributed by atoms with Crippen LogP contribution in [0, 0.1) is 5.92 Å². The summed E-state index contributed by atoms with van der Waals surface area (Å²) in [5, 5.41) is 4.82. The molecule has 2 fully saturated rings. The van der Waals surface area contributed by atoms with Gasteiger partial charge in [-0.3, -0.25) is 4.98 Å². The van der Waals surface area contributed by atoms with Crippen LogP contribution in [0.1, 0.15) is 37.4 Å². The highest BCUT2D eigenvalue weighted by Gasteiger charge is 2.29. The average molecular weight is 333 g/mol. The van der Waals surface area contributed by atoms with E-state index in [1.54, 1.807) is 0 Å². The molecule has 1 aliphatic heterocycles. The smallest absolute Gasteiger partial charge is 0.156 e. The van der Waals surface area contributed by atoms with E-state index in [0.29, 0.717) is 5.92 Å². The Balaban J connectivity index is 1.40. The van der Waals surface area contributed by atoms with Crippen molar-refractivity contribution in [2.45, 2.75) is 31.6 Å². The highest BCUT2D eigenvalue weighted by molar-refractivity contribution is 5.63. The molecule has 5 nitrogen and oxygen atoms in total. The molecule has 0 bridgehead atoms. The molecular weight excluding hydrogens is 310 g/mol. The molecule has 0 amide bonds. The molecule has 0 radical (unpaired) electrons. The summed E-state index contributed by atoms with van der Waals surface area (Å²) in [4.78, 5) is 11.5. The molecule has 0 unspecified atom stereocenters. The molecule has 1 atom stereocenters. The normalized spacial score (nSPS) is 21.7. The van der Waals surface area contributed by atoms with Crippen LogP contribution in [0.3, 0.4) is 0 Å². The quantitative estimate of drug-likeness (QED) is 0.734. The standard InChI is InChI=1S/C20H23N5/c1-2-18(13-24(11-1)12-15-3-4-15)20-22-19-6-5-17(14-25(19)23-20)16-7-9-21-10-8-16/h5-10,14-15,18H,1-4,11-13H2/t18-/m1/s1. The van der Waals surface area contributed by atoms with Crippen LogP contribution in [-0.4, -0.2) is 44.1 Å². The number of pyridine rings is 2. The summed E-state index contributed by atoms with van der Waals surface area (Å²) in [6.45, 7) is 3.63. The molecule has 0 aromatic carbocycles. The van der Waals surface area contributed by atoms with Crippen LogP contribution in [0.15, 0.2) is 42.9 Å². The molecule has 1 saturated carbocycles. The molecule has 0 N–H and O–H groups in total. The van der Waals surface area contributed by atoms with E-state index in [1.807, 2.05) is 29.0 Å². The first-order valence-electron chi connectivity index (χ1n) is 9.34. The van der Waals surface area contributed by atoms with E-state index >= 15 is 0 Å². The number of nitrogens with zero attached hydrogens (tertiary/aromatic N) is 5. The minimum absolute atomic E-state index is 0.469. The van der Waals surface area contributed by atoms with Gasteiger partial charge in [0.2, 0.25) is 0 Å².